The summed E-state index contributed by atoms with van der Waals surface area (Å²) in [6, 6.07) is 12.7. The summed E-state index contributed by atoms with van der Waals surface area (Å²) in [6.07, 6.45) is 10.1. The second kappa shape index (κ2) is 9.43. The summed E-state index contributed by atoms with van der Waals surface area (Å²) < 4.78 is 15.7. The van der Waals surface area contributed by atoms with Gasteiger partial charge in [0.2, 0.25) is 5.88 Å². The van der Waals surface area contributed by atoms with Gasteiger partial charge in [0.1, 0.15) is 11.3 Å². The molecular weight excluding hydrogens is 396 g/mol. The number of anilines is 1. The molecule has 0 aromatic heterocycles. The van der Waals surface area contributed by atoms with Crippen molar-refractivity contribution in [1.29, 1.82) is 0 Å². The molecule has 7 heteroatoms. The van der Waals surface area contributed by atoms with Crippen molar-refractivity contribution in [3.63, 3.8) is 0 Å². The van der Waals surface area contributed by atoms with Crippen LogP contribution < -0.4 is 16.2 Å². The minimum Gasteiger partial charge on any atom is -0.452 e. The summed E-state index contributed by atoms with van der Waals surface area (Å²) in [5.74, 6) is 2.57. The second-order valence-corrected chi connectivity index (χ2v) is 6.66. The van der Waals surface area contributed by atoms with E-state index in [2.05, 4.69) is 11.8 Å². The fourth-order valence-corrected chi connectivity index (χ4v) is 3.26. The molecule has 0 amide bonds. The van der Waals surface area contributed by atoms with Gasteiger partial charge < -0.3 is 25.7 Å². The van der Waals surface area contributed by atoms with E-state index in [1.54, 1.807) is 18.2 Å². The zero-order valence-electron chi connectivity index (χ0n) is 16.6. The Morgan fingerprint density at radius 1 is 0.968 bits per heavy atom. The van der Waals surface area contributed by atoms with E-state index in [9.17, 15) is 9.59 Å². The van der Waals surface area contributed by atoms with Crippen LogP contribution in [0.1, 0.15) is 17.9 Å². The van der Waals surface area contributed by atoms with E-state index in [1.165, 1.54) is 0 Å². The van der Waals surface area contributed by atoms with Crippen molar-refractivity contribution >= 4 is 17.6 Å². The van der Waals surface area contributed by atoms with Crippen LogP contribution in [0.15, 0.2) is 53.9 Å². The van der Waals surface area contributed by atoms with Crippen molar-refractivity contribution in [2.45, 2.75) is 12.3 Å². The third-order valence-corrected chi connectivity index (χ3v) is 4.66. The fraction of sp³-hybridized carbons (Fsp3) is 0.167. The largest absolute Gasteiger partial charge is 0.452 e. The molecule has 0 aliphatic carbocycles. The van der Waals surface area contributed by atoms with Crippen LogP contribution in [0, 0.1) is 24.7 Å². The first-order valence-corrected chi connectivity index (χ1v) is 9.31. The summed E-state index contributed by atoms with van der Waals surface area (Å²) in [6.45, 7) is -0.432. The van der Waals surface area contributed by atoms with E-state index in [4.69, 9.17) is 38.5 Å². The van der Waals surface area contributed by atoms with Gasteiger partial charge in [-0.3, -0.25) is 4.79 Å². The van der Waals surface area contributed by atoms with Gasteiger partial charge in [0.25, 0.3) is 0 Å². The van der Waals surface area contributed by atoms with Crippen LogP contribution in [0.2, 0.25) is 0 Å². The van der Waals surface area contributed by atoms with Crippen LogP contribution in [-0.2, 0) is 19.1 Å². The van der Waals surface area contributed by atoms with E-state index in [0.29, 0.717) is 17.0 Å². The molecule has 0 saturated carbocycles. The Balaban J connectivity index is 2.04. The number of hydrogen-bond donors (Lipinski definition) is 2. The zero-order valence-corrected chi connectivity index (χ0v) is 16.6. The number of nitrogen functional groups attached to an aromatic ring is 1. The maximum absolute atomic E-state index is 12.6. The number of terminal acetylenes is 2. The Labute approximate surface area is 180 Å². The number of nitrogens with two attached hydrogens (primary N) is 2. The highest BCUT2D eigenvalue weighted by Gasteiger charge is 2.36. The number of carbonyl (C=O) groups excluding carboxylic acids is 2. The average Bonchev–Trinajstić information content (AvgIpc) is 2.76. The monoisotopic (exact) mass is 416 g/mol. The molecular formula is C24H20N2O5. The third kappa shape index (κ3) is 4.80. The molecule has 1 unspecified atom stereocenters. The van der Waals surface area contributed by atoms with Crippen LogP contribution in [0.4, 0.5) is 5.69 Å². The molecule has 4 N–H and O–H groups in total. The molecule has 1 aliphatic rings. The molecule has 1 heterocycles. The highest BCUT2D eigenvalue weighted by Crippen LogP contribution is 2.42. The first-order chi connectivity index (χ1) is 14.9. The Hall–Kier alpha value is -4.36. The molecule has 2 aromatic rings. The minimum atomic E-state index is -0.770. The summed E-state index contributed by atoms with van der Waals surface area (Å²) in [4.78, 5) is 25.0. The number of esters is 2. The van der Waals surface area contributed by atoms with Gasteiger partial charge in [0.05, 0.1) is 6.42 Å². The van der Waals surface area contributed by atoms with Crippen molar-refractivity contribution in [2.75, 3.05) is 18.9 Å². The van der Waals surface area contributed by atoms with Gasteiger partial charge in [-0.2, -0.15) is 0 Å². The van der Waals surface area contributed by atoms with E-state index >= 15 is 0 Å². The predicted molar refractivity (Wildman–Crippen MR) is 115 cm³/mol. The molecule has 3 rings (SSSR count). The van der Waals surface area contributed by atoms with Gasteiger partial charge in [-0.1, -0.05) is 30.0 Å². The first kappa shape index (κ1) is 21.4. The predicted octanol–water partition coefficient (Wildman–Crippen LogP) is 2.33. The summed E-state index contributed by atoms with van der Waals surface area (Å²) in [7, 11) is 0. The lowest BCUT2D eigenvalue weighted by Gasteiger charge is -2.28. The Morgan fingerprint density at radius 2 is 1.61 bits per heavy atom. The van der Waals surface area contributed by atoms with Crippen LogP contribution in [-0.4, -0.2) is 25.2 Å². The lowest BCUT2D eigenvalue weighted by Crippen LogP contribution is -2.28. The first-order valence-electron chi connectivity index (χ1n) is 9.31. The Morgan fingerprint density at radius 3 is 2.29 bits per heavy atom. The maximum atomic E-state index is 12.6. The van der Waals surface area contributed by atoms with Crippen LogP contribution in [0.25, 0.3) is 11.1 Å². The van der Waals surface area contributed by atoms with Gasteiger partial charge in [-0.25, -0.2) is 4.79 Å². The van der Waals surface area contributed by atoms with E-state index in [0.717, 1.165) is 11.1 Å². The lowest BCUT2D eigenvalue weighted by atomic mass is 9.84. The number of carbonyl (C=O) groups is 2. The Bertz CT molecular complexity index is 1120. The molecule has 7 nitrogen and oxygen atoms in total. The number of fused-ring (bicyclic) bond motifs is 1. The van der Waals surface area contributed by atoms with Crippen molar-refractivity contribution in [3.8, 4) is 41.6 Å². The van der Waals surface area contributed by atoms with Gasteiger partial charge >= 0.3 is 11.9 Å². The SMILES string of the molecule is C#CCOC(=O)CC1C(C(=O)OCC#C)=C(N)Oc2ccc(-c3ccc(N)cc3)cc21. The zero-order chi connectivity index (χ0) is 22.4. The summed E-state index contributed by atoms with van der Waals surface area (Å²) >= 11 is 0. The van der Waals surface area contributed by atoms with E-state index < -0.39 is 17.9 Å². The molecule has 0 spiro atoms. The van der Waals surface area contributed by atoms with Crippen molar-refractivity contribution in [2.24, 2.45) is 5.73 Å². The molecule has 31 heavy (non-hydrogen) atoms. The van der Waals surface area contributed by atoms with Gasteiger partial charge in [-0.05, 0) is 35.4 Å². The minimum absolute atomic E-state index is 0.00476. The molecule has 156 valence electrons. The number of benzene rings is 2. The molecule has 0 saturated heterocycles. The summed E-state index contributed by atoms with van der Waals surface area (Å²) in [5, 5.41) is 0. The van der Waals surface area contributed by atoms with E-state index in [-0.39, 0.29) is 31.1 Å². The maximum Gasteiger partial charge on any atom is 0.341 e. The third-order valence-electron chi connectivity index (χ3n) is 4.66. The van der Waals surface area contributed by atoms with Crippen molar-refractivity contribution < 1.29 is 23.8 Å². The van der Waals surface area contributed by atoms with Crippen LogP contribution >= 0.6 is 0 Å². The molecule has 0 fully saturated rings. The highest BCUT2D eigenvalue weighted by molar-refractivity contribution is 5.93. The van der Waals surface area contributed by atoms with Crippen molar-refractivity contribution in [3.05, 3.63) is 59.5 Å². The normalized spacial score (nSPS) is 14.5. The molecule has 2 aromatic carbocycles. The molecule has 1 atom stereocenters. The summed E-state index contributed by atoms with van der Waals surface area (Å²) in [5.41, 5.74) is 14.7. The smallest absolute Gasteiger partial charge is 0.341 e. The number of ether oxygens (including phenoxy) is 3. The van der Waals surface area contributed by atoms with Crippen molar-refractivity contribution in [1.82, 2.24) is 0 Å². The highest BCUT2D eigenvalue weighted by atomic mass is 16.5. The fourth-order valence-electron chi connectivity index (χ4n) is 3.26. The average molecular weight is 416 g/mol. The molecule has 1 aliphatic heterocycles. The lowest BCUT2D eigenvalue weighted by molar-refractivity contribution is -0.142. The quantitative estimate of drug-likeness (QED) is 0.422. The number of rotatable bonds is 6. The topological polar surface area (TPSA) is 114 Å². The van der Waals surface area contributed by atoms with Crippen LogP contribution in [0.3, 0.4) is 0 Å². The van der Waals surface area contributed by atoms with Crippen LogP contribution in [0.5, 0.6) is 5.75 Å². The molecule has 0 radical (unpaired) electrons. The van der Waals surface area contributed by atoms with E-state index in [1.807, 2.05) is 24.3 Å². The Kier molecular flexibility index (Phi) is 6.49. The standard InChI is InChI=1S/C24H20N2O5/c1-3-11-29-21(27)14-19-18-13-16(15-5-8-17(25)9-6-15)7-10-20(18)31-23(26)22(19)24(28)30-12-4-2/h1-2,5-10,13,19H,11-12,14,25-26H2. The van der Waals surface area contributed by atoms with Gasteiger partial charge in [0.15, 0.2) is 13.2 Å². The second-order valence-electron chi connectivity index (χ2n) is 6.66. The number of hydrogen-bond acceptors (Lipinski definition) is 7. The van der Waals surface area contributed by atoms with Gasteiger partial charge in [-0.15, -0.1) is 12.8 Å². The molecule has 0 bridgehead atoms. The van der Waals surface area contributed by atoms with Gasteiger partial charge in [0, 0.05) is 17.2 Å².